The van der Waals surface area contributed by atoms with Crippen molar-refractivity contribution >= 4 is 33.4 Å². The number of anilines is 2. The smallest absolute Gasteiger partial charge is 0.227 e. The molecule has 116 valence electrons. The third-order valence-electron chi connectivity index (χ3n) is 3.41. The minimum absolute atomic E-state index is 0.00733. The van der Waals surface area contributed by atoms with Crippen LogP contribution in [0.2, 0.25) is 0 Å². The first-order chi connectivity index (χ1) is 10.6. The second kappa shape index (κ2) is 6.13. The summed E-state index contributed by atoms with van der Waals surface area (Å²) in [5, 5.41) is 0. The number of nitrogens with two attached hydrogens (primary N) is 1. The Morgan fingerprint density at radius 3 is 2.45 bits per heavy atom. The Balaban J connectivity index is 1.95. The summed E-state index contributed by atoms with van der Waals surface area (Å²) in [6.45, 7) is 1.68. The van der Waals surface area contributed by atoms with E-state index in [1.54, 1.807) is 18.2 Å². The maximum atomic E-state index is 12.6. The molecule has 8 heteroatoms. The molecule has 1 aromatic carbocycles. The van der Waals surface area contributed by atoms with Crippen LogP contribution >= 0.6 is 11.8 Å². The van der Waals surface area contributed by atoms with E-state index in [2.05, 4.69) is 9.97 Å². The van der Waals surface area contributed by atoms with Crippen molar-refractivity contribution in [1.82, 2.24) is 9.97 Å². The number of benzene rings is 1. The molecule has 1 aromatic heterocycles. The van der Waals surface area contributed by atoms with Crippen LogP contribution in [0.4, 0.5) is 11.8 Å². The van der Waals surface area contributed by atoms with Crippen molar-refractivity contribution in [3.05, 3.63) is 36.5 Å². The largest absolute Gasteiger partial charge is 0.382 e. The summed E-state index contributed by atoms with van der Waals surface area (Å²) >= 11 is 1.88. The number of rotatable bonds is 3. The molecule has 1 saturated heterocycles. The van der Waals surface area contributed by atoms with Crippen LogP contribution in [-0.2, 0) is 9.84 Å². The Morgan fingerprint density at radius 2 is 1.82 bits per heavy atom. The van der Waals surface area contributed by atoms with E-state index in [1.807, 2.05) is 16.7 Å². The zero-order valence-corrected chi connectivity index (χ0v) is 13.5. The molecule has 1 aliphatic rings. The molecule has 0 unspecified atom stereocenters. The van der Waals surface area contributed by atoms with Crippen LogP contribution in [0.15, 0.2) is 46.3 Å². The zero-order chi connectivity index (χ0) is 15.6. The first kappa shape index (κ1) is 15.1. The summed E-state index contributed by atoms with van der Waals surface area (Å²) in [4.78, 5) is 10.6. The van der Waals surface area contributed by atoms with Gasteiger partial charge in [0.05, 0.1) is 11.1 Å². The Bertz CT molecular complexity index is 760. The summed E-state index contributed by atoms with van der Waals surface area (Å²) in [7, 11) is -3.69. The molecule has 3 rings (SSSR count). The van der Waals surface area contributed by atoms with E-state index in [4.69, 9.17) is 5.73 Å². The predicted molar refractivity (Wildman–Crippen MR) is 87.9 cm³/mol. The van der Waals surface area contributed by atoms with Gasteiger partial charge in [-0.1, -0.05) is 18.2 Å². The van der Waals surface area contributed by atoms with Gasteiger partial charge in [-0.2, -0.15) is 16.7 Å². The maximum Gasteiger partial charge on any atom is 0.227 e. The van der Waals surface area contributed by atoms with Crippen LogP contribution in [0.1, 0.15) is 0 Å². The Kier molecular flexibility index (Phi) is 4.21. The minimum atomic E-state index is -3.69. The lowest BCUT2D eigenvalue weighted by Crippen LogP contribution is -2.34. The maximum absolute atomic E-state index is 12.6. The fourth-order valence-corrected chi connectivity index (χ4v) is 4.41. The van der Waals surface area contributed by atoms with Crippen molar-refractivity contribution in [1.29, 1.82) is 0 Å². The van der Waals surface area contributed by atoms with Crippen molar-refractivity contribution in [3.8, 4) is 0 Å². The van der Waals surface area contributed by atoms with Gasteiger partial charge < -0.3 is 10.6 Å². The van der Waals surface area contributed by atoms with Gasteiger partial charge in [-0.3, -0.25) is 0 Å². The minimum Gasteiger partial charge on any atom is -0.382 e. The first-order valence-electron chi connectivity index (χ1n) is 6.84. The van der Waals surface area contributed by atoms with Crippen LogP contribution in [0.5, 0.6) is 0 Å². The highest BCUT2D eigenvalue weighted by Crippen LogP contribution is 2.26. The van der Waals surface area contributed by atoms with Crippen LogP contribution < -0.4 is 10.6 Å². The number of nitrogen functional groups attached to an aromatic ring is 1. The third kappa shape index (κ3) is 2.89. The highest BCUT2D eigenvalue weighted by molar-refractivity contribution is 7.99. The van der Waals surface area contributed by atoms with E-state index in [1.165, 1.54) is 18.3 Å². The summed E-state index contributed by atoms with van der Waals surface area (Å²) in [6.07, 6.45) is 1.31. The summed E-state index contributed by atoms with van der Waals surface area (Å²) in [6, 6.07) is 8.17. The second-order valence-electron chi connectivity index (χ2n) is 4.84. The number of aromatic nitrogens is 2. The van der Waals surface area contributed by atoms with Crippen molar-refractivity contribution < 1.29 is 8.42 Å². The lowest BCUT2D eigenvalue weighted by molar-refractivity contribution is 0.595. The lowest BCUT2D eigenvalue weighted by Gasteiger charge is -2.26. The molecule has 0 bridgehead atoms. The van der Waals surface area contributed by atoms with E-state index in [9.17, 15) is 8.42 Å². The number of nitrogens with zero attached hydrogens (tertiary/aromatic N) is 3. The Hall–Kier alpha value is -1.80. The standard InChI is InChI=1S/C14H16N4O2S2/c15-13-12(22(19,20)11-4-2-1-3-5-11)10-16-14(17-13)18-6-8-21-9-7-18/h1-5,10H,6-9H2,(H2,15,16,17). The van der Waals surface area contributed by atoms with Crippen LogP contribution in [0, 0.1) is 0 Å². The van der Waals surface area contributed by atoms with Gasteiger partial charge in [0.2, 0.25) is 15.8 Å². The van der Waals surface area contributed by atoms with Crippen LogP contribution in [0.25, 0.3) is 0 Å². The van der Waals surface area contributed by atoms with Crippen molar-refractivity contribution in [2.24, 2.45) is 0 Å². The van der Waals surface area contributed by atoms with E-state index in [0.717, 1.165) is 24.6 Å². The third-order valence-corrected chi connectivity index (χ3v) is 6.14. The molecule has 0 aliphatic carbocycles. The highest BCUT2D eigenvalue weighted by Gasteiger charge is 2.23. The molecule has 1 fully saturated rings. The number of sulfone groups is 1. The topological polar surface area (TPSA) is 89.2 Å². The van der Waals surface area contributed by atoms with Crippen LogP contribution in [-0.4, -0.2) is 43.0 Å². The quantitative estimate of drug-likeness (QED) is 0.907. The molecule has 0 amide bonds. The normalized spacial score (nSPS) is 15.7. The second-order valence-corrected chi connectivity index (χ2v) is 7.98. The van der Waals surface area contributed by atoms with Gasteiger partial charge in [-0.25, -0.2) is 13.4 Å². The molecule has 2 heterocycles. The van der Waals surface area contributed by atoms with Gasteiger partial charge in [0.25, 0.3) is 0 Å². The van der Waals surface area contributed by atoms with Gasteiger partial charge in [0.15, 0.2) is 0 Å². The molecule has 0 atom stereocenters. The zero-order valence-electron chi connectivity index (χ0n) is 11.8. The van der Waals surface area contributed by atoms with Gasteiger partial charge >= 0.3 is 0 Å². The molecule has 2 aromatic rings. The lowest BCUT2D eigenvalue weighted by atomic mass is 10.4. The molecule has 2 N–H and O–H groups in total. The number of hydrogen-bond donors (Lipinski definition) is 1. The monoisotopic (exact) mass is 336 g/mol. The fraction of sp³-hybridized carbons (Fsp3) is 0.286. The molecule has 1 aliphatic heterocycles. The summed E-state index contributed by atoms with van der Waals surface area (Å²) in [5.74, 6) is 2.50. The number of thioether (sulfide) groups is 1. The van der Waals surface area contributed by atoms with E-state index in [-0.39, 0.29) is 15.6 Å². The molecule has 22 heavy (non-hydrogen) atoms. The molecule has 6 nitrogen and oxygen atoms in total. The molecule has 0 spiro atoms. The molecule has 0 saturated carbocycles. The first-order valence-corrected chi connectivity index (χ1v) is 9.48. The average molecular weight is 336 g/mol. The Labute approximate surface area is 133 Å². The summed E-state index contributed by atoms with van der Waals surface area (Å²) in [5.41, 5.74) is 5.89. The van der Waals surface area contributed by atoms with E-state index in [0.29, 0.717) is 5.95 Å². The van der Waals surface area contributed by atoms with Crippen molar-refractivity contribution in [2.45, 2.75) is 9.79 Å². The van der Waals surface area contributed by atoms with Gasteiger partial charge in [0.1, 0.15) is 10.7 Å². The Morgan fingerprint density at radius 1 is 1.14 bits per heavy atom. The summed E-state index contributed by atoms with van der Waals surface area (Å²) < 4.78 is 25.1. The molecule has 0 radical (unpaired) electrons. The fourth-order valence-electron chi connectivity index (χ4n) is 2.22. The molecular formula is C14H16N4O2S2. The van der Waals surface area contributed by atoms with E-state index < -0.39 is 9.84 Å². The van der Waals surface area contributed by atoms with Gasteiger partial charge in [-0.15, -0.1) is 0 Å². The van der Waals surface area contributed by atoms with E-state index >= 15 is 0 Å². The average Bonchev–Trinajstić information content (AvgIpc) is 2.56. The number of hydrogen-bond acceptors (Lipinski definition) is 7. The van der Waals surface area contributed by atoms with Gasteiger partial charge in [-0.05, 0) is 12.1 Å². The van der Waals surface area contributed by atoms with Crippen LogP contribution in [0.3, 0.4) is 0 Å². The SMILES string of the molecule is Nc1nc(N2CCSCC2)ncc1S(=O)(=O)c1ccccc1. The molecular weight excluding hydrogens is 320 g/mol. The van der Waals surface area contributed by atoms with Crippen molar-refractivity contribution in [3.63, 3.8) is 0 Å². The predicted octanol–water partition coefficient (Wildman–Crippen LogP) is 1.44. The highest BCUT2D eigenvalue weighted by atomic mass is 32.2. The van der Waals surface area contributed by atoms with Gasteiger partial charge in [0, 0.05) is 24.6 Å². The van der Waals surface area contributed by atoms with Crippen molar-refractivity contribution in [2.75, 3.05) is 35.2 Å².